The Kier molecular flexibility index (Phi) is 4.64. The fraction of sp³-hybridized carbons (Fsp3) is 0.308. The van der Waals surface area contributed by atoms with Gasteiger partial charge in [0.2, 0.25) is 5.91 Å². The Labute approximate surface area is 125 Å². The smallest absolute Gasteiger partial charge is 0.339 e. The van der Waals surface area contributed by atoms with Crippen molar-refractivity contribution < 1.29 is 19.5 Å². The van der Waals surface area contributed by atoms with E-state index in [2.05, 4.69) is 16.0 Å². The molecule has 1 fully saturated rings. The van der Waals surface area contributed by atoms with Gasteiger partial charge in [-0.2, -0.15) is 0 Å². The molecular formula is C13H14ClN3O4. The number of anilines is 1. The fourth-order valence-corrected chi connectivity index (χ4v) is 2.30. The number of nitrogens with one attached hydrogen (secondary N) is 3. The highest BCUT2D eigenvalue weighted by molar-refractivity contribution is 6.34. The van der Waals surface area contributed by atoms with Gasteiger partial charge in [0.1, 0.15) is 5.56 Å². The molecule has 21 heavy (non-hydrogen) atoms. The molecule has 2 rings (SSSR count). The van der Waals surface area contributed by atoms with Crippen LogP contribution < -0.4 is 16.0 Å². The molecule has 4 N–H and O–H groups in total. The normalized spacial score (nSPS) is 17.8. The molecule has 1 aliphatic rings. The molecule has 1 aliphatic heterocycles. The van der Waals surface area contributed by atoms with Gasteiger partial charge in [0.15, 0.2) is 0 Å². The van der Waals surface area contributed by atoms with Gasteiger partial charge in [-0.3, -0.25) is 4.79 Å². The Morgan fingerprint density at radius 3 is 2.76 bits per heavy atom. The van der Waals surface area contributed by atoms with Gasteiger partial charge in [0.05, 0.1) is 10.7 Å². The van der Waals surface area contributed by atoms with Crippen molar-refractivity contribution in [3.8, 4) is 0 Å². The minimum absolute atomic E-state index is 0.0449. The van der Waals surface area contributed by atoms with E-state index < -0.39 is 12.0 Å². The van der Waals surface area contributed by atoms with Crippen LogP contribution in [-0.4, -0.2) is 35.6 Å². The van der Waals surface area contributed by atoms with Gasteiger partial charge < -0.3 is 21.1 Å². The molecule has 3 amide bonds. The summed E-state index contributed by atoms with van der Waals surface area (Å²) in [5.74, 6) is -1.27. The molecule has 0 saturated carbocycles. The van der Waals surface area contributed by atoms with Crippen molar-refractivity contribution in [2.45, 2.75) is 18.9 Å². The van der Waals surface area contributed by atoms with E-state index in [4.69, 9.17) is 16.7 Å². The molecule has 1 saturated heterocycles. The van der Waals surface area contributed by atoms with Crippen molar-refractivity contribution in [1.29, 1.82) is 0 Å². The Bertz CT molecular complexity index is 581. The number of carboxylic acids is 1. The van der Waals surface area contributed by atoms with Gasteiger partial charge in [0, 0.05) is 19.0 Å². The zero-order valence-electron chi connectivity index (χ0n) is 11.0. The number of amides is 3. The van der Waals surface area contributed by atoms with Crippen LogP contribution in [0.25, 0.3) is 0 Å². The monoisotopic (exact) mass is 311 g/mol. The highest BCUT2D eigenvalue weighted by Gasteiger charge is 2.21. The van der Waals surface area contributed by atoms with Crippen LogP contribution in [0.3, 0.4) is 0 Å². The second-order valence-corrected chi connectivity index (χ2v) is 5.01. The van der Waals surface area contributed by atoms with Crippen LogP contribution in [0.4, 0.5) is 10.5 Å². The molecule has 0 bridgehead atoms. The second kappa shape index (κ2) is 6.45. The number of hydrogen-bond acceptors (Lipinski definition) is 3. The first-order valence-electron chi connectivity index (χ1n) is 6.33. The number of halogens is 1. The lowest BCUT2D eigenvalue weighted by atomic mass is 10.1. The van der Waals surface area contributed by atoms with Crippen molar-refractivity contribution in [3.05, 3.63) is 28.8 Å². The van der Waals surface area contributed by atoms with Crippen LogP contribution in [0.1, 0.15) is 23.2 Å². The second-order valence-electron chi connectivity index (χ2n) is 4.61. The Morgan fingerprint density at radius 1 is 1.38 bits per heavy atom. The van der Waals surface area contributed by atoms with E-state index >= 15 is 0 Å². The minimum Gasteiger partial charge on any atom is -0.478 e. The van der Waals surface area contributed by atoms with Gasteiger partial charge in [0.25, 0.3) is 0 Å². The Morgan fingerprint density at radius 2 is 2.14 bits per heavy atom. The molecule has 0 spiro atoms. The maximum Gasteiger partial charge on any atom is 0.339 e. The van der Waals surface area contributed by atoms with Crippen LogP contribution in [0.2, 0.25) is 5.02 Å². The molecule has 0 aromatic heterocycles. The number of aromatic carboxylic acids is 1. The average molecular weight is 312 g/mol. The van der Waals surface area contributed by atoms with Crippen molar-refractivity contribution in [1.82, 2.24) is 10.6 Å². The number of carboxylic acid groups (broad SMARTS) is 1. The average Bonchev–Trinajstić information content (AvgIpc) is 2.41. The van der Waals surface area contributed by atoms with Gasteiger partial charge in [-0.25, -0.2) is 9.59 Å². The van der Waals surface area contributed by atoms with E-state index in [1.165, 1.54) is 12.1 Å². The van der Waals surface area contributed by atoms with Gasteiger partial charge in [-0.1, -0.05) is 17.7 Å². The minimum atomic E-state index is -1.22. The molecule has 0 radical (unpaired) electrons. The predicted octanol–water partition coefficient (Wildman–Crippen LogP) is 1.44. The van der Waals surface area contributed by atoms with Crippen molar-refractivity contribution in [2.24, 2.45) is 0 Å². The topological polar surface area (TPSA) is 108 Å². The predicted molar refractivity (Wildman–Crippen MR) is 76.6 cm³/mol. The number of piperidine rings is 1. The SMILES string of the molecule is O=C1CCC(NC(=O)Nc2cccc(Cl)c2C(=O)O)CN1. The highest BCUT2D eigenvalue weighted by atomic mass is 35.5. The van der Waals surface area contributed by atoms with Crippen LogP contribution >= 0.6 is 11.6 Å². The molecule has 1 atom stereocenters. The molecule has 1 heterocycles. The fourth-order valence-electron chi connectivity index (χ4n) is 2.05. The zero-order valence-corrected chi connectivity index (χ0v) is 11.7. The van der Waals surface area contributed by atoms with Gasteiger partial charge >= 0.3 is 12.0 Å². The molecule has 8 heteroatoms. The third-order valence-electron chi connectivity index (χ3n) is 3.08. The van der Waals surface area contributed by atoms with Crippen molar-refractivity contribution >= 4 is 35.2 Å². The number of carbonyl (C=O) groups excluding carboxylic acids is 2. The first-order chi connectivity index (χ1) is 9.97. The van der Waals surface area contributed by atoms with Crippen molar-refractivity contribution in [3.63, 3.8) is 0 Å². The summed E-state index contributed by atoms with van der Waals surface area (Å²) in [6.45, 7) is 0.355. The number of urea groups is 1. The van der Waals surface area contributed by atoms with Crippen LogP contribution in [0.15, 0.2) is 18.2 Å². The largest absolute Gasteiger partial charge is 0.478 e. The van der Waals surface area contributed by atoms with Gasteiger partial charge in [-0.15, -0.1) is 0 Å². The summed E-state index contributed by atoms with van der Waals surface area (Å²) in [6.07, 6.45) is 0.892. The quantitative estimate of drug-likeness (QED) is 0.677. The summed E-state index contributed by atoms with van der Waals surface area (Å²) in [5, 5.41) is 16.9. The summed E-state index contributed by atoms with van der Waals surface area (Å²) in [4.78, 5) is 34.0. The lowest BCUT2D eigenvalue weighted by Crippen LogP contribution is -2.49. The maximum atomic E-state index is 11.9. The van der Waals surface area contributed by atoms with Crippen molar-refractivity contribution in [2.75, 3.05) is 11.9 Å². The van der Waals surface area contributed by atoms with Crippen LogP contribution in [0.5, 0.6) is 0 Å². The number of benzene rings is 1. The zero-order chi connectivity index (χ0) is 15.4. The number of rotatable bonds is 3. The lowest BCUT2D eigenvalue weighted by molar-refractivity contribution is -0.122. The maximum absolute atomic E-state index is 11.9. The third-order valence-corrected chi connectivity index (χ3v) is 3.39. The van der Waals surface area contributed by atoms with Crippen LogP contribution in [0, 0.1) is 0 Å². The molecule has 1 aromatic carbocycles. The lowest BCUT2D eigenvalue weighted by Gasteiger charge is -2.23. The van der Waals surface area contributed by atoms with Gasteiger partial charge in [-0.05, 0) is 18.6 Å². The number of carbonyl (C=O) groups is 3. The molecule has 1 aromatic rings. The van der Waals surface area contributed by atoms with E-state index in [9.17, 15) is 14.4 Å². The molecule has 7 nitrogen and oxygen atoms in total. The first-order valence-corrected chi connectivity index (χ1v) is 6.71. The third kappa shape index (κ3) is 3.85. The molecule has 0 aliphatic carbocycles. The van der Waals surface area contributed by atoms with E-state index in [0.29, 0.717) is 19.4 Å². The Hall–Kier alpha value is -2.28. The summed E-state index contributed by atoms with van der Waals surface area (Å²) in [5.41, 5.74) is -0.0430. The van der Waals surface area contributed by atoms with E-state index in [0.717, 1.165) is 0 Å². The van der Waals surface area contributed by atoms with E-state index in [1.54, 1.807) is 6.07 Å². The summed E-state index contributed by atoms with van der Waals surface area (Å²) >= 11 is 5.82. The van der Waals surface area contributed by atoms with E-state index in [1.807, 2.05) is 0 Å². The van der Waals surface area contributed by atoms with E-state index in [-0.39, 0.29) is 28.2 Å². The number of hydrogen-bond donors (Lipinski definition) is 4. The Balaban J connectivity index is 2.01. The summed E-state index contributed by atoms with van der Waals surface area (Å²) < 4.78 is 0. The summed E-state index contributed by atoms with van der Waals surface area (Å²) in [6, 6.07) is 3.71. The standard InChI is InChI=1S/C13H14ClN3O4/c14-8-2-1-3-9(11(8)12(19)20)17-13(21)16-7-4-5-10(18)15-6-7/h1-3,7H,4-6H2,(H,15,18)(H,19,20)(H2,16,17,21). The first kappa shape index (κ1) is 15.1. The molecule has 1 unspecified atom stereocenters. The van der Waals surface area contributed by atoms with Crippen LogP contribution in [-0.2, 0) is 4.79 Å². The highest BCUT2D eigenvalue weighted by Crippen LogP contribution is 2.24. The molecular weight excluding hydrogens is 298 g/mol. The molecule has 112 valence electrons. The summed E-state index contributed by atoms with van der Waals surface area (Å²) in [7, 11) is 0.